The Morgan fingerprint density at radius 2 is 1.95 bits per heavy atom. The highest BCUT2D eigenvalue weighted by molar-refractivity contribution is 7.23. The van der Waals surface area contributed by atoms with Crippen molar-refractivity contribution in [1.82, 2.24) is 20.4 Å². The molecule has 39 heavy (non-hydrogen) atoms. The van der Waals surface area contributed by atoms with Crippen LogP contribution in [0.2, 0.25) is 0 Å². The van der Waals surface area contributed by atoms with Gasteiger partial charge in [-0.25, -0.2) is 9.59 Å². The molecule has 0 saturated carbocycles. The number of carbonyl (C=O) groups is 3. The number of thiophene rings is 1. The largest absolute Gasteiger partial charge is 0.486 e. The van der Waals surface area contributed by atoms with Crippen LogP contribution in [0.5, 0.6) is 5.75 Å². The number of aromatic nitrogens is 2. The predicted octanol–water partition coefficient (Wildman–Crippen LogP) is 4.03. The van der Waals surface area contributed by atoms with E-state index in [0.29, 0.717) is 59.9 Å². The summed E-state index contributed by atoms with van der Waals surface area (Å²) < 4.78 is 11.9. The summed E-state index contributed by atoms with van der Waals surface area (Å²) in [5.41, 5.74) is 0.741. The van der Waals surface area contributed by atoms with Crippen LogP contribution in [-0.4, -0.2) is 58.0 Å². The fourth-order valence-corrected chi connectivity index (χ4v) is 6.29. The Balaban J connectivity index is 1.21. The van der Waals surface area contributed by atoms with Crippen molar-refractivity contribution in [2.45, 2.75) is 31.8 Å². The van der Waals surface area contributed by atoms with Crippen LogP contribution in [-0.2, 0) is 0 Å². The van der Waals surface area contributed by atoms with E-state index in [-0.39, 0.29) is 30.0 Å². The number of carbonyl (C=O) groups excluding carboxylic acids is 3. The molecule has 11 nitrogen and oxygen atoms in total. The van der Waals surface area contributed by atoms with Gasteiger partial charge in [0.25, 0.3) is 5.91 Å². The molecular formula is C27H25N5O6S. The second-order valence-corrected chi connectivity index (χ2v) is 10.7. The lowest BCUT2D eigenvalue weighted by Gasteiger charge is -2.44. The van der Waals surface area contributed by atoms with E-state index in [9.17, 15) is 19.2 Å². The Morgan fingerprint density at radius 3 is 2.69 bits per heavy atom. The van der Waals surface area contributed by atoms with Gasteiger partial charge in [-0.3, -0.25) is 24.4 Å². The van der Waals surface area contributed by atoms with Crippen LogP contribution in [0.1, 0.15) is 46.9 Å². The molecule has 2 aromatic carbocycles. The number of amides is 3. The molecule has 3 N–H and O–H groups in total. The van der Waals surface area contributed by atoms with Crippen molar-refractivity contribution in [2.24, 2.45) is 0 Å². The van der Waals surface area contributed by atoms with Gasteiger partial charge in [-0.1, -0.05) is 23.4 Å². The van der Waals surface area contributed by atoms with E-state index in [1.54, 1.807) is 23.1 Å². The van der Waals surface area contributed by atoms with Gasteiger partial charge in [-0.2, -0.15) is 0 Å². The van der Waals surface area contributed by atoms with Crippen molar-refractivity contribution >= 4 is 44.1 Å². The first-order valence-corrected chi connectivity index (χ1v) is 13.5. The fourth-order valence-electron chi connectivity index (χ4n) is 5.20. The maximum absolute atomic E-state index is 13.8. The molecule has 200 valence electrons. The van der Waals surface area contributed by atoms with Crippen LogP contribution in [0, 0.1) is 0 Å². The summed E-state index contributed by atoms with van der Waals surface area (Å²) in [5.74, 6) is -0.195. The average Bonchev–Trinajstić information content (AvgIpc) is 3.52. The molecule has 12 heteroatoms. The van der Waals surface area contributed by atoms with Crippen molar-refractivity contribution in [1.29, 1.82) is 0 Å². The number of hydrogen-bond acceptors (Lipinski definition) is 8. The molecule has 0 bridgehead atoms. The maximum atomic E-state index is 13.8. The highest BCUT2D eigenvalue weighted by Gasteiger charge is 2.44. The lowest BCUT2D eigenvalue weighted by atomic mass is 9.82. The molecule has 2 aromatic heterocycles. The van der Waals surface area contributed by atoms with Crippen LogP contribution < -0.4 is 21.1 Å². The van der Waals surface area contributed by atoms with E-state index in [1.807, 2.05) is 31.2 Å². The number of nitrogens with zero attached hydrogens (tertiary/aromatic N) is 2. The number of rotatable bonds is 4. The average molecular weight is 548 g/mol. The first-order chi connectivity index (χ1) is 18.9. The molecule has 3 amide bonds. The zero-order valence-corrected chi connectivity index (χ0v) is 21.9. The van der Waals surface area contributed by atoms with Crippen LogP contribution in [0.25, 0.3) is 21.5 Å². The Kier molecular flexibility index (Phi) is 6.18. The van der Waals surface area contributed by atoms with Crippen molar-refractivity contribution in [3.8, 4) is 17.1 Å². The Bertz CT molecular complexity index is 1660. The number of nitrogens with one attached hydrogen (secondary N) is 3. The molecular weight excluding hydrogens is 522 g/mol. The maximum Gasteiger partial charge on any atom is 0.439 e. The second kappa shape index (κ2) is 9.70. The molecule has 0 atom stereocenters. The Labute approximate surface area is 226 Å². The number of piperidine rings is 1. The lowest BCUT2D eigenvalue weighted by Crippen LogP contribution is -2.52. The topological polar surface area (TPSA) is 147 Å². The van der Waals surface area contributed by atoms with Gasteiger partial charge in [0.05, 0.1) is 17.5 Å². The number of aromatic amines is 1. The summed E-state index contributed by atoms with van der Waals surface area (Å²) in [5, 5.41) is 10.5. The van der Waals surface area contributed by atoms with Crippen molar-refractivity contribution < 1.29 is 23.6 Å². The number of H-pyrrole nitrogens is 1. The minimum Gasteiger partial charge on any atom is -0.486 e. The summed E-state index contributed by atoms with van der Waals surface area (Å²) >= 11 is 1.37. The SMILES string of the molecule is CCNC(=O)Nc1sc2ccccc2c1C(=O)N1CCC2(CC1)CC(=O)c1cc(-c3noc(=O)[nH]3)ccc1O2. The number of benzene rings is 2. The molecule has 2 aliphatic heterocycles. The monoisotopic (exact) mass is 547 g/mol. The molecule has 2 aliphatic rings. The summed E-state index contributed by atoms with van der Waals surface area (Å²) in [4.78, 5) is 54.7. The number of ether oxygens (including phenoxy) is 1. The molecule has 6 rings (SSSR count). The predicted molar refractivity (Wildman–Crippen MR) is 145 cm³/mol. The van der Waals surface area contributed by atoms with E-state index in [4.69, 9.17) is 4.74 Å². The number of urea groups is 1. The van der Waals surface area contributed by atoms with Gasteiger partial charge in [0.15, 0.2) is 11.6 Å². The third-order valence-corrected chi connectivity index (χ3v) is 8.22. The molecule has 0 radical (unpaired) electrons. The molecule has 1 fully saturated rings. The molecule has 0 unspecified atom stereocenters. The number of ketones is 1. The van der Waals surface area contributed by atoms with Crippen LogP contribution in [0.15, 0.2) is 51.8 Å². The van der Waals surface area contributed by atoms with E-state index in [0.717, 1.165) is 10.1 Å². The lowest BCUT2D eigenvalue weighted by molar-refractivity contribution is -0.00561. The number of Topliss-reactive ketones (excluding diaryl/α,β-unsaturated/α-hetero) is 1. The van der Waals surface area contributed by atoms with Crippen LogP contribution in [0.4, 0.5) is 9.80 Å². The summed E-state index contributed by atoms with van der Waals surface area (Å²) in [6.45, 7) is 3.11. The van der Waals surface area contributed by atoms with Gasteiger partial charge in [0.2, 0.25) is 0 Å². The second-order valence-electron chi connectivity index (χ2n) is 9.62. The van der Waals surface area contributed by atoms with E-state index in [1.165, 1.54) is 11.3 Å². The quantitative estimate of drug-likeness (QED) is 0.350. The zero-order chi connectivity index (χ0) is 27.1. The summed E-state index contributed by atoms with van der Waals surface area (Å²) in [6.07, 6.45) is 1.17. The minimum atomic E-state index is -0.705. The molecule has 4 heterocycles. The first-order valence-electron chi connectivity index (χ1n) is 12.6. The third-order valence-electron chi connectivity index (χ3n) is 7.14. The summed E-state index contributed by atoms with van der Waals surface area (Å²) in [6, 6.07) is 12.3. The number of fused-ring (bicyclic) bond motifs is 2. The number of hydrogen-bond donors (Lipinski definition) is 3. The highest BCUT2D eigenvalue weighted by atomic mass is 32.1. The van der Waals surface area contributed by atoms with Gasteiger partial charge < -0.3 is 15.0 Å². The molecule has 1 spiro atoms. The fraction of sp³-hybridized carbons (Fsp3) is 0.296. The van der Waals surface area contributed by atoms with E-state index < -0.39 is 11.4 Å². The first kappa shape index (κ1) is 24.9. The van der Waals surface area contributed by atoms with Crippen molar-refractivity contribution in [2.75, 3.05) is 25.0 Å². The molecule has 4 aromatic rings. The van der Waals surface area contributed by atoms with Crippen LogP contribution in [0.3, 0.4) is 0 Å². The van der Waals surface area contributed by atoms with Gasteiger partial charge >= 0.3 is 11.8 Å². The third kappa shape index (κ3) is 4.56. The van der Waals surface area contributed by atoms with E-state index in [2.05, 4.69) is 25.3 Å². The molecule has 1 saturated heterocycles. The van der Waals surface area contributed by atoms with Crippen molar-refractivity contribution in [3.63, 3.8) is 0 Å². The smallest absolute Gasteiger partial charge is 0.439 e. The summed E-state index contributed by atoms with van der Waals surface area (Å²) in [7, 11) is 0. The van der Waals surface area contributed by atoms with Crippen LogP contribution >= 0.6 is 11.3 Å². The number of likely N-dealkylation sites (tertiary alicyclic amines) is 1. The minimum absolute atomic E-state index is 0.0685. The highest BCUT2D eigenvalue weighted by Crippen LogP contribution is 2.42. The Morgan fingerprint density at radius 1 is 1.15 bits per heavy atom. The standard InChI is InChI=1S/C27H25N5O6S/c1-2-28-25(35)30-23-21(16-5-3-4-6-20(16)39-23)24(34)32-11-9-27(10-12-32)14-18(33)17-13-15(7-8-19(17)37-27)22-29-26(36)38-31-22/h3-8,13H,2,9-12,14H2,1H3,(H2,28,30,35)(H,29,31,36). The zero-order valence-electron chi connectivity index (χ0n) is 21.0. The normalized spacial score (nSPS) is 16.1. The number of anilines is 1. The van der Waals surface area contributed by atoms with Gasteiger partial charge in [-0.05, 0) is 31.2 Å². The van der Waals surface area contributed by atoms with Gasteiger partial charge in [-0.15, -0.1) is 11.3 Å². The molecule has 0 aliphatic carbocycles. The van der Waals surface area contributed by atoms with Gasteiger partial charge in [0, 0.05) is 48.1 Å². The van der Waals surface area contributed by atoms with Gasteiger partial charge in [0.1, 0.15) is 16.4 Å². The Hall–Kier alpha value is -4.45. The van der Waals surface area contributed by atoms with Crippen molar-refractivity contribution in [3.05, 3.63) is 64.1 Å². The van der Waals surface area contributed by atoms with E-state index >= 15 is 0 Å².